The van der Waals surface area contributed by atoms with Gasteiger partial charge in [-0.15, -0.1) is 24.0 Å². The molecule has 9 heteroatoms. The number of aromatic nitrogens is 1. The smallest absolute Gasteiger partial charge is 0.246 e. The van der Waals surface area contributed by atoms with Gasteiger partial charge in [-0.05, 0) is 32.5 Å². The first-order valence-corrected chi connectivity index (χ1v) is 8.55. The van der Waals surface area contributed by atoms with Gasteiger partial charge in [0.1, 0.15) is 6.54 Å². The molecule has 0 aliphatic heterocycles. The standard InChI is InChI=1S/C17H30N6O2.HI/c1-4-19-17(20-9-11-23(2)10-6-12-25-3)21-14-16(24)22-15-7-5-8-18-13-15;/h5,7-8,13H,4,6,9-12,14H2,1-3H3,(H,22,24)(H2,19,20,21);1H. The maximum Gasteiger partial charge on any atom is 0.246 e. The van der Waals surface area contributed by atoms with Crippen molar-refractivity contribution in [2.75, 3.05) is 58.8 Å². The molecular formula is C17H31IN6O2. The summed E-state index contributed by atoms with van der Waals surface area (Å²) in [4.78, 5) is 22.4. The van der Waals surface area contributed by atoms with Crippen molar-refractivity contribution in [2.45, 2.75) is 13.3 Å². The fourth-order valence-electron chi connectivity index (χ4n) is 2.09. The first kappa shape index (κ1) is 24.5. The summed E-state index contributed by atoms with van der Waals surface area (Å²) in [7, 11) is 3.79. The number of nitrogens with zero attached hydrogens (tertiary/aromatic N) is 3. The zero-order valence-electron chi connectivity index (χ0n) is 15.8. The van der Waals surface area contributed by atoms with E-state index in [2.05, 4.69) is 37.9 Å². The van der Waals surface area contributed by atoms with Crippen LogP contribution in [0.15, 0.2) is 29.5 Å². The number of rotatable bonds is 11. The van der Waals surface area contributed by atoms with Crippen LogP contribution in [0, 0.1) is 0 Å². The molecule has 0 radical (unpaired) electrons. The average Bonchev–Trinajstić information content (AvgIpc) is 2.61. The average molecular weight is 478 g/mol. The van der Waals surface area contributed by atoms with Gasteiger partial charge in [0.2, 0.25) is 5.91 Å². The number of nitrogens with one attached hydrogen (secondary N) is 3. The Balaban J connectivity index is 0.00000625. The molecule has 0 unspecified atom stereocenters. The van der Waals surface area contributed by atoms with E-state index in [4.69, 9.17) is 4.74 Å². The van der Waals surface area contributed by atoms with E-state index >= 15 is 0 Å². The Kier molecular flexibility index (Phi) is 14.9. The highest BCUT2D eigenvalue weighted by Crippen LogP contribution is 2.01. The third-order valence-electron chi connectivity index (χ3n) is 3.34. The van der Waals surface area contributed by atoms with Crippen LogP contribution in [0.5, 0.6) is 0 Å². The summed E-state index contributed by atoms with van der Waals surface area (Å²) in [5.41, 5.74) is 0.665. The molecule has 0 saturated heterocycles. The van der Waals surface area contributed by atoms with Gasteiger partial charge in [0.25, 0.3) is 0 Å². The van der Waals surface area contributed by atoms with Crippen LogP contribution in [0.2, 0.25) is 0 Å². The number of pyridine rings is 1. The van der Waals surface area contributed by atoms with Gasteiger partial charge in [-0.1, -0.05) is 0 Å². The molecule has 0 aliphatic rings. The summed E-state index contributed by atoms with van der Waals surface area (Å²) in [6.45, 7) is 6.16. The number of likely N-dealkylation sites (N-methyl/N-ethyl adjacent to an activating group) is 1. The molecule has 1 heterocycles. The van der Waals surface area contributed by atoms with Crippen molar-refractivity contribution in [3.63, 3.8) is 0 Å². The van der Waals surface area contributed by atoms with Crippen LogP contribution in [0.4, 0.5) is 5.69 Å². The lowest BCUT2D eigenvalue weighted by atomic mass is 10.4. The highest BCUT2D eigenvalue weighted by molar-refractivity contribution is 14.0. The van der Waals surface area contributed by atoms with Crippen molar-refractivity contribution >= 4 is 41.5 Å². The normalized spacial score (nSPS) is 11.0. The van der Waals surface area contributed by atoms with Gasteiger partial charge in [-0.25, -0.2) is 4.99 Å². The van der Waals surface area contributed by atoms with E-state index in [1.807, 2.05) is 6.92 Å². The molecule has 1 aromatic heterocycles. The second-order valence-electron chi connectivity index (χ2n) is 5.56. The van der Waals surface area contributed by atoms with E-state index in [0.29, 0.717) is 11.6 Å². The number of guanidine groups is 1. The summed E-state index contributed by atoms with van der Waals surface area (Å²) in [6, 6.07) is 3.56. The monoisotopic (exact) mass is 478 g/mol. The molecular weight excluding hydrogens is 447 g/mol. The maximum absolute atomic E-state index is 11.9. The van der Waals surface area contributed by atoms with Crippen molar-refractivity contribution in [1.29, 1.82) is 0 Å². The fraction of sp³-hybridized carbons (Fsp3) is 0.588. The summed E-state index contributed by atoms with van der Waals surface area (Å²) in [5.74, 6) is 0.455. The van der Waals surface area contributed by atoms with Crippen LogP contribution < -0.4 is 16.0 Å². The maximum atomic E-state index is 11.9. The summed E-state index contributed by atoms with van der Waals surface area (Å²) >= 11 is 0. The van der Waals surface area contributed by atoms with E-state index in [1.54, 1.807) is 31.6 Å². The Hall–Kier alpha value is -1.46. The molecule has 26 heavy (non-hydrogen) atoms. The number of hydrogen-bond acceptors (Lipinski definition) is 5. The van der Waals surface area contributed by atoms with E-state index in [9.17, 15) is 4.79 Å². The zero-order valence-corrected chi connectivity index (χ0v) is 18.2. The molecule has 1 rings (SSSR count). The number of amides is 1. The molecule has 0 spiro atoms. The number of aliphatic imine (C=N–C) groups is 1. The second kappa shape index (κ2) is 15.8. The van der Waals surface area contributed by atoms with Gasteiger partial charge in [0.15, 0.2) is 5.96 Å². The topological polar surface area (TPSA) is 90.9 Å². The number of carbonyl (C=O) groups excluding carboxylic acids is 1. The lowest BCUT2D eigenvalue weighted by Gasteiger charge is -2.18. The summed E-state index contributed by atoms with van der Waals surface area (Å²) < 4.78 is 5.05. The van der Waals surface area contributed by atoms with Crippen LogP contribution in [0.25, 0.3) is 0 Å². The predicted molar refractivity (Wildman–Crippen MR) is 116 cm³/mol. The Bertz CT molecular complexity index is 515. The minimum Gasteiger partial charge on any atom is -0.385 e. The lowest BCUT2D eigenvalue weighted by molar-refractivity contribution is -0.114. The first-order chi connectivity index (χ1) is 12.2. The largest absolute Gasteiger partial charge is 0.385 e. The molecule has 0 bridgehead atoms. The van der Waals surface area contributed by atoms with E-state index in [-0.39, 0.29) is 36.4 Å². The molecule has 0 aliphatic carbocycles. The summed E-state index contributed by atoms with van der Waals surface area (Å²) in [5, 5.41) is 9.13. The predicted octanol–water partition coefficient (Wildman–Crippen LogP) is 1.16. The SMILES string of the molecule is CCNC(=NCC(=O)Nc1cccnc1)NCCN(C)CCCOC.I. The van der Waals surface area contributed by atoms with Gasteiger partial charge in [0, 0.05) is 46.1 Å². The van der Waals surface area contributed by atoms with Gasteiger partial charge in [-0.3, -0.25) is 9.78 Å². The van der Waals surface area contributed by atoms with Crippen LogP contribution in [0.1, 0.15) is 13.3 Å². The van der Waals surface area contributed by atoms with Crippen molar-refractivity contribution in [1.82, 2.24) is 20.5 Å². The van der Waals surface area contributed by atoms with E-state index < -0.39 is 0 Å². The Morgan fingerprint density at radius 1 is 1.35 bits per heavy atom. The molecule has 3 N–H and O–H groups in total. The molecule has 1 aromatic rings. The van der Waals surface area contributed by atoms with Crippen LogP contribution in [0.3, 0.4) is 0 Å². The van der Waals surface area contributed by atoms with Crippen molar-refractivity contribution in [2.24, 2.45) is 4.99 Å². The van der Waals surface area contributed by atoms with Gasteiger partial charge >= 0.3 is 0 Å². The zero-order chi connectivity index (χ0) is 18.3. The van der Waals surface area contributed by atoms with E-state index in [0.717, 1.165) is 39.2 Å². The van der Waals surface area contributed by atoms with Crippen LogP contribution in [-0.4, -0.2) is 75.2 Å². The van der Waals surface area contributed by atoms with Crippen molar-refractivity contribution < 1.29 is 9.53 Å². The number of methoxy groups -OCH3 is 1. The number of halogens is 1. The van der Waals surface area contributed by atoms with Gasteiger partial charge < -0.3 is 25.6 Å². The molecule has 0 saturated carbocycles. The molecule has 8 nitrogen and oxygen atoms in total. The Morgan fingerprint density at radius 3 is 2.81 bits per heavy atom. The minimum atomic E-state index is -0.179. The van der Waals surface area contributed by atoms with Crippen molar-refractivity contribution in [3.8, 4) is 0 Å². The van der Waals surface area contributed by atoms with Gasteiger partial charge in [0.05, 0.1) is 11.9 Å². The highest BCUT2D eigenvalue weighted by atomic mass is 127. The molecule has 148 valence electrons. The molecule has 0 fully saturated rings. The lowest BCUT2D eigenvalue weighted by Crippen LogP contribution is -2.41. The Morgan fingerprint density at radius 2 is 2.15 bits per heavy atom. The third-order valence-corrected chi connectivity index (χ3v) is 3.34. The van der Waals surface area contributed by atoms with Crippen LogP contribution >= 0.6 is 24.0 Å². The fourth-order valence-corrected chi connectivity index (χ4v) is 2.09. The van der Waals surface area contributed by atoms with Crippen molar-refractivity contribution in [3.05, 3.63) is 24.5 Å². The van der Waals surface area contributed by atoms with Crippen LogP contribution in [-0.2, 0) is 9.53 Å². The summed E-state index contributed by atoms with van der Waals surface area (Å²) in [6.07, 6.45) is 4.27. The number of ether oxygens (including phenoxy) is 1. The minimum absolute atomic E-state index is 0. The number of anilines is 1. The quantitative estimate of drug-likeness (QED) is 0.192. The number of hydrogen-bond donors (Lipinski definition) is 3. The first-order valence-electron chi connectivity index (χ1n) is 8.55. The van der Waals surface area contributed by atoms with E-state index in [1.165, 1.54) is 0 Å². The molecule has 0 atom stereocenters. The molecule has 0 aromatic carbocycles. The molecule has 1 amide bonds. The third kappa shape index (κ3) is 12.0. The Labute approximate surface area is 173 Å². The number of carbonyl (C=O) groups is 1. The van der Waals surface area contributed by atoms with Gasteiger partial charge in [-0.2, -0.15) is 0 Å². The second-order valence-corrected chi connectivity index (χ2v) is 5.56. The highest BCUT2D eigenvalue weighted by Gasteiger charge is 2.04.